The van der Waals surface area contributed by atoms with Gasteiger partial charge < -0.3 is 0 Å². The summed E-state index contributed by atoms with van der Waals surface area (Å²) in [6.07, 6.45) is 0. The number of benzene rings is 4. The molecule has 26 heavy (non-hydrogen) atoms. The molecule has 4 aromatic carbocycles. The first-order valence-corrected chi connectivity index (χ1v) is 8.08. The van der Waals surface area contributed by atoms with E-state index >= 15 is 0 Å². The number of carbonyl (C=O) groups excluding carboxylic acids is 2. The molecule has 0 aromatic heterocycles. The van der Waals surface area contributed by atoms with Crippen molar-refractivity contribution in [2.24, 2.45) is 0 Å². The highest BCUT2D eigenvalue weighted by Gasteiger charge is 2.31. The summed E-state index contributed by atoms with van der Waals surface area (Å²) in [6, 6.07) is 15.0. The van der Waals surface area contributed by atoms with E-state index in [4.69, 9.17) is 0 Å². The second kappa shape index (κ2) is 5.05. The predicted octanol–water partition coefficient (Wildman–Crippen LogP) is 5.05. The third-order valence-electron chi connectivity index (χ3n) is 4.91. The minimum Gasteiger partial charge on any atom is -0.289 e. The number of carbonyl (C=O) groups is 2. The highest BCUT2D eigenvalue weighted by atomic mass is 19.1. The van der Waals surface area contributed by atoms with Gasteiger partial charge in [-0.2, -0.15) is 0 Å². The summed E-state index contributed by atoms with van der Waals surface area (Å²) in [5.41, 5.74) is 0.791. The second-order valence-corrected chi connectivity index (χ2v) is 6.38. The topological polar surface area (TPSA) is 34.1 Å². The highest BCUT2D eigenvalue weighted by Crippen LogP contribution is 2.34. The van der Waals surface area contributed by atoms with E-state index in [0.717, 1.165) is 0 Å². The van der Waals surface area contributed by atoms with E-state index in [0.29, 0.717) is 21.5 Å². The van der Waals surface area contributed by atoms with Crippen molar-refractivity contribution in [1.82, 2.24) is 0 Å². The number of hydrogen-bond acceptors (Lipinski definition) is 2. The molecule has 4 aromatic rings. The number of rotatable bonds is 0. The molecule has 124 valence electrons. The third kappa shape index (κ3) is 1.90. The number of ketones is 2. The van der Waals surface area contributed by atoms with Crippen LogP contribution in [0.3, 0.4) is 0 Å². The van der Waals surface area contributed by atoms with E-state index in [1.54, 1.807) is 24.3 Å². The van der Waals surface area contributed by atoms with Gasteiger partial charge in [0.25, 0.3) is 0 Å². The Balaban J connectivity index is 1.85. The Kier molecular flexibility index (Phi) is 2.89. The Labute approximate surface area is 146 Å². The first kappa shape index (κ1) is 14.9. The maximum absolute atomic E-state index is 14.1. The molecule has 4 heteroatoms. The number of fused-ring (bicyclic) bond motifs is 4. The molecular weight excluding hydrogens is 334 g/mol. The second-order valence-electron chi connectivity index (χ2n) is 6.38. The average Bonchev–Trinajstić information content (AvgIpc) is 2.65. The first-order valence-electron chi connectivity index (χ1n) is 8.08. The molecule has 0 spiro atoms. The maximum Gasteiger partial charge on any atom is 0.194 e. The quantitative estimate of drug-likeness (QED) is 0.394. The minimum absolute atomic E-state index is 0.177. The first-order chi connectivity index (χ1) is 12.5. The van der Waals surface area contributed by atoms with Crippen molar-refractivity contribution in [3.63, 3.8) is 0 Å². The van der Waals surface area contributed by atoms with E-state index in [1.807, 2.05) is 0 Å². The van der Waals surface area contributed by atoms with Crippen LogP contribution < -0.4 is 0 Å². The van der Waals surface area contributed by atoms with Crippen LogP contribution in [0.5, 0.6) is 0 Å². The molecule has 0 heterocycles. The fourth-order valence-electron chi connectivity index (χ4n) is 3.62. The van der Waals surface area contributed by atoms with Gasteiger partial charge in [-0.15, -0.1) is 0 Å². The smallest absolute Gasteiger partial charge is 0.194 e. The molecule has 5 rings (SSSR count). The summed E-state index contributed by atoms with van der Waals surface area (Å²) in [7, 11) is 0. The molecule has 1 aliphatic carbocycles. The monoisotopic (exact) mass is 344 g/mol. The van der Waals surface area contributed by atoms with E-state index in [-0.39, 0.29) is 33.8 Å². The van der Waals surface area contributed by atoms with Gasteiger partial charge in [0.2, 0.25) is 0 Å². The zero-order valence-electron chi connectivity index (χ0n) is 13.3. The van der Waals surface area contributed by atoms with Crippen molar-refractivity contribution in [2.75, 3.05) is 0 Å². The lowest BCUT2D eigenvalue weighted by Gasteiger charge is -2.19. The Morgan fingerprint density at radius 3 is 1.35 bits per heavy atom. The van der Waals surface area contributed by atoms with Crippen molar-refractivity contribution in [3.05, 3.63) is 94.6 Å². The van der Waals surface area contributed by atoms with Gasteiger partial charge in [0.15, 0.2) is 11.6 Å². The summed E-state index contributed by atoms with van der Waals surface area (Å²) in [6.45, 7) is 0. The standard InChI is InChI=1S/C22H10F2O2/c23-19-5-1-3-11-7-15-17(9-13(11)19)22(26)16-8-12-4-2-6-20(24)14(12)10-18(16)21(15)25/h1-10H. The van der Waals surface area contributed by atoms with Gasteiger partial charge in [-0.1, -0.05) is 24.3 Å². The molecule has 0 fully saturated rings. The largest absolute Gasteiger partial charge is 0.289 e. The number of hydrogen-bond donors (Lipinski definition) is 0. The fraction of sp³-hybridized carbons (Fsp3) is 0. The van der Waals surface area contributed by atoms with Crippen molar-refractivity contribution in [3.8, 4) is 0 Å². The maximum atomic E-state index is 14.1. The average molecular weight is 344 g/mol. The van der Waals surface area contributed by atoms with E-state index < -0.39 is 11.6 Å². The fourth-order valence-corrected chi connectivity index (χ4v) is 3.62. The molecule has 0 bridgehead atoms. The van der Waals surface area contributed by atoms with Gasteiger partial charge in [0.1, 0.15) is 11.6 Å². The van der Waals surface area contributed by atoms with Crippen LogP contribution >= 0.6 is 0 Å². The minimum atomic E-state index is -0.447. The lowest BCUT2D eigenvalue weighted by atomic mass is 9.81. The van der Waals surface area contributed by atoms with E-state index in [9.17, 15) is 18.4 Å². The molecule has 1 aliphatic rings. The van der Waals surface area contributed by atoms with Crippen LogP contribution in [0.2, 0.25) is 0 Å². The zero-order valence-corrected chi connectivity index (χ0v) is 13.3. The summed E-state index contributed by atoms with van der Waals surface area (Å²) >= 11 is 0. The molecule has 2 nitrogen and oxygen atoms in total. The van der Waals surface area contributed by atoms with Crippen LogP contribution in [0.4, 0.5) is 8.78 Å². The Morgan fingerprint density at radius 1 is 0.538 bits per heavy atom. The van der Waals surface area contributed by atoms with Gasteiger partial charge in [-0.25, -0.2) is 8.78 Å². The van der Waals surface area contributed by atoms with Crippen molar-refractivity contribution < 1.29 is 18.4 Å². The van der Waals surface area contributed by atoms with Crippen molar-refractivity contribution in [1.29, 1.82) is 0 Å². The van der Waals surface area contributed by atoms with Gasteiger partial charge >= 0.3 is 0 Å². The Morgan fingerprint density at radius 2 is 0.923 bits per heavy atom. The summed E-state index contributed by atoms with van der Waals surface area (Å²) < 4.78 is 28.2. The summed E-state index contributed by atoms with van der Waals surface area (Å²) in [4.78, 5) is 25.9. The summed E-state index contributed by atoms with van der Waals surface area (Å²) in [5.74, 6) is -1.61. The SMILES string of the molecule is O=C1c2cc3cccc(F)c3cc2C(=O)c2cc3cccc(F)c3cc21. The van der Waals surface area contributed by atoms with Gasteiger partial charge in [0, 0.05) is 33.0 Å². The predicted molar refractivity (Wildman–Crippen MR) is 94.7 cm³/mol. The van der Waals surface area contributed by atoms with Crippen molar-refractivity contribution >= 4 is 33.1 Å². The van der Waals surface area contributed by atoms with Gasteiger partial charge in [-0.3, -0.25) is 9.59 Å². The molecule has 0 aliphatic heterocycles. The third-order valence-corrected chi connectivity index (χ3v) is 4.91. The molecule has 0 saturated carbocycles. The van der Waals surface area contributed by atoms with Crippen LogP contribution in [0.25, 0.3) is 21.5 Å². The van der Waals surface area contributed by atoms with Crippen LogP contribution in [0.15, 0.2) is 60.7 Å². The van der Waals surface area contributed by atoms with Crippen molar-refractivity contribution in [2.45, 2.75) is 0 Å². The van der Waals surface area contributed by atoms with Gasteiger partial charge in [-0.05, 0) is 47.2 Å². The highest BCUT2D eigenvalue weighted by molar-refractivity contribution is 6.30. The van der Waals surface area contributed by atoms with E-state index in [2.05, 4.69) is 0 Å². The normalized spacial score (nSPS) is 13.2. The molecular formula is C22H10F2O2. The van der Waals surface area contributed by atoms with Crippen LogP contribution in [0.1, 0.15) is 31.8 Å². The van der Waals surface area contributed by atoms with Crippen LogP contribution in [0, 0.1) is 11.6 Å². The van der Waals surface area contributed by atoms with Crippen LogP contribution in [-0.2, 0) is 0 Å². The molecule has 0 radical (unpaired) electrons. The Bertz CT molecular complexity index is 1190. The molecule has 0 N–H and O–H groups in total. The molecule has 0 saturated heterocycles. The molecule has 0 unspecified atom stereocenters. The zero-order chi connectivity index (χ0) is 18.0. The Hall–Kier alpha value is -3.40. The lowest BCUT2D eigenvalue weighted by Crippen LogP contribution is -2.21. The lowest BCUT2D eigenvalue weighted by molar-refractivity contribution is 0.0979. The van der Waals surface area contributed by atoms with E-state index in [1.165, 1.54) is 36.4 Å². The molecule has 0 atom stereocenters. The van der Waals surface area contributed by atoms with Crippen LogP contribution in [-0.4, -0.2) is 11.6 Å². The summed E-state index contributed by atoms with van der Waals surface area (Å²) in [5, 5.41) is 1.67. The van der Waals surface area contributed by atoms with Gasteiger partial charge in [0.05, 0.1) is 0 Å². The molecule has 0 amide bonds. The number of halogens is 2.